The Hall–Kier alpha value is -1.08. The van der Waals surface area contributed by atoms with Gasteiger partial charge in [0, 0.05) is 6.04 Å². The van der Waals surface area contributed by atoms with Gasteiger partial charge in [0.25, 0.3) is 0 Å². The molecule has 1 aromatic rings. The molecule has 2 aliphatic rings. The van der Waals surface area contributed by atoms with E-state index < -0.39 is 0 Å². The fourth-order valence-electron chi connectivity index (χ4n) is 3.92. The summed E-state index contributed by atoms with van der Waals surface area (Å²) in [7, 11) is 0. The molecule has 0 spiro atoms. The molecule has 1 heteroatoms. The summed E-state index contributed by atoms with van der Waals surface area (Å²) in [5.74, 6) is 3.33. The normalized spacial score (nSPS) is 29.2. The van der Waals surface area contributed by atoms with Crippen molar-refractivity contribution in [2.24, 2.45) is 23.7 Å². The van der Waals surface area contributed by atoms with E-state index in [1.807, 2.05) is 0 Å². The largest absolute Gasteiger partial charge is 0.310 e. The van der Waals surface area contributed by atoms with E-state index in [4.69, 9.17) is 0 Å². The molecule has 108 valence electrons. The summed E-state index contributed by atoms with van der Waals surface area (Å²) < 4.78 is 0. The smallest absolute Gasteiger partial charge is 0.0322 e. The number of nitrogens with one attached hydrogen (secondary N) is 1. The Balaban J connectivity index is 1.60. The Morgan fingerprint density at radius 1 is 1.10 bits per heavy atom. The lowest BCUT2D eigenvalue weighted by atomic mass is 9.92. The van der Waals surface area contributed by atoms with Crippen LogP contribution in [0.15, 0.2) is 42.5 Å². The first-order valence-corrected chi connectivity index (χ1v) is 8.19. The number of allylic oxidation sites excluding steroid dienone is 2. The van der Waals surface area contributed by atoms with Crippen LogP contribution in [0.4, 0.5) is 0 Å². The van der Waals surface area contributed by atoms with Gasteiger partial charge in [-0.2, -0.15) is 0 Å². The highest BCUT2D eigenvalue weighted by Gasteiger charge is 2.35. The van der Waals surface area contributed by atoms with Gasteiger partial charge in [-0.05, 0) is 55.0 Å². The summed E-state index contributed by atoms with van der Waals surface area (Å²) in [6.45, 7) is 5.81. The van der Waals surface area contributed by atoms with E-state index in [9.17, 15) is 0 Å². The van der Waals surface area contributed by atoms with Gasteiger partial charge in [-0.1, -0.05) is 56.3 Å². The number of fused-ring (bicyclic) bond motifs is 2. The summed E-state index contributed by atoms with van der Waals surface area (Å²) in [6.07, 6.45) is 8.93. The highest BCUT2D eigenvalue weighted by molar-refractivity contribution is 5.19. The SMILES string of the molecule is CC(C)CC(NCC1CC2C=CC1C2)c1ccccc1. The number of hydrogen-bond acceptors (Lipinski definition) is 1. The van der Waals surface area contributed by atoms with Crippen LogP contribution in [0.3, 0.4) is 0 Å². The van der Waals surface area contributed by atoms with Crippen LogP contribution in [0.25, 0.3) is 0 Å². The zero-order valence-corrected chi connectivity index (χ0v) is 12.8. The molecule has 0 amide bonds. The molecule has 1 saturated carbocycles. The van der Waals surface area contributed by atoms with Crippen LogP contribution in [-0.4, -0.2) is 6.54 Å². The van der Waals surface area contributed by atoms with Gasteiger partial charge >= 0.3 is 0 Å². The predicted octanol–water partition coefficient (Wildman–Crippen LogP) is 4.58. The minimum Gasteiger partial charge on any atom is -0.310 e. The van der Waals surface area contributed by atoms with Gasteiger partial charge in [-0.15, -0.1) is 0 Å². The van der Waals surface area contributed by atoms with E-state index in [-0.39, 0.29) is 0 Å². The molecule has 0 aromatic heterocycles. The molecule has 0 heterocycles. The van der Waals surface area contributed by atoms with Crippen molar-refractivity contribution < 1.29 is 0 Å². The fraction of sp³-hybridized carbons (Fsp3) is 0.579. The molecule has 0 radical (unpaired) electrons. The fourth-order valence-corrected chi connectivity index (χ4v) is 3.92. The summed E-state index contributed by atoms with van der Waals surface area (Å²) >= 11 is 0. The van der Waals surface area contributed by atoms with Crippen LogP contribution in [0, 0.1) is 23.7 Å². The van der Waals surface area contributed by atoms with Crippen LogP contribution in [0.5, 0.6) is 0 Å². The molecule has 1 aromatic carbocycles. The third-order valence-electron chi connectivity index (χ3n) is 4.95. The van der Waals surface area contributed by atoms with Crippen LogP contribution in [0.1, 0.15) is 44.7 Å². The van der Waals surface area contributed by atoms with Crippen molar-refractivity contribution in [1.29, 1.82) is 0 Å². The van der Waals surface area contributed by atoms with E-state index in [2.05, 4.69) is 61.6 Å². The lowest BCUT2D eigenvalue weighted by Gasteiger charge is -2.25. The van der Waals surface area contributed by atoms with Crippen LogP contribution >= 0.6 is 0 Å². The predicted molar refractivity (Wildman–Crippen MR) is 85.5 cm³/mol. The van der Waals surface area contributed by atoms with Gasteiger partial charge in [-0.3, -0.25) is 0 Å². The number of rotatable bonds is 6. The van der Waals surface area contributed by atoms with Crippen molar-refractivity contribution in [3.05, 3.63) is 48.0 Å². The van der Waals surface area contributed by atoms with E-state index in [1.165, 1.54) is 31.4 Å². The van der Waals surface area contributed by atoms with Crippen molar-refractivity contribution in [3.8, 4) is 0 Å². The minimum absolute atomic E-state index is 0.513. The van der Waals surface area contributed by atoms with Crippen molar-refractivity contribution >= 4 is 0 Å². The second-order valence-corrected chi connectivity index (χ2v) is 7.04. The molecule has 3 rings (SSSR count). The lowest BCUT2D eigenvalue weighted by molar-refractivity contribution is 0.357. The van der Waals surface area contributed by atoms with Crippen molar-refractivity contribution in [2.45, 2.75) is 39.2 Å². The minimum atomic E-state index is 0.513. The van der Waals surface area contributed by atoms with Crippen molar-refractivity contribution in [2.75, 3.05) is 6.54 Å². The maximum Gasteiger partial charge on any atom is 0.0322 e. The summed E-state index contributed by atoms with van der Waals surface area (Å²) in [5, 5.41) is 3.86. The Bertz CT molecular complexity index is 448. The van der Waals surface area contributed by atoms with E-state index in [1.54, 1.807) is 0 Å². The first kappa shape index (κ1) is 13.9. The molecule has 1 fully saturated rings. The summed E-state index contributed by atoms with van der Waals surface area (Å²) in [5.41, 5.74) is 1.44. The van der Waals surface area contributed by atoms with Gasteiger partial charge in [-0.25, -0.2) is 0 Å². The molecular formula is C19H27N. The topological polar surface area (TPSA) is 12.0 Å². The third kappa shape index (κ3) is 3.15. The van der Waals surface area contributed by atoms with Crippen molar-refractivity contribution in [1.82, 2.24) is 5.32 Å². The molecule has 4 atom stereocenters. The monoisotopic (exact) mass is 269 g/mol. The summed E-state index contributed by atoms with van der Waals surface area (Å²) in [6, 6.07) is 11.5. The van der Waals surface area contributed by atoms with Gasteiger partial charge in [0.1, 0.15) is 0 Å². The van der Waals surface area contributed by atoms with E-state index >= 15 is 0 Å². The third-order valence-corrected chi connectivity index (χ3v) is 4.95. The van der Waals surface area contributed by atoms with Crippen LogP contribution < -0.4 is 5.32 Å². The van der Waals surface area contributed by atoms with Crippen LogP contribution in [-0.2, 0) is 0 Å². The highest BCUT2D eigenvalue weighted by Crippen LogP contribution is 2.43. The molecule has 0 saturated heterocycles. The molecule has 1 nitrogen and oxygen atoms in total. The van der Waals surface area contributed by atoms with Gasteiger partial charge in [0.05, 0.1) is 0 Å². The molecule has 4 unspecified atom stereocenters. The first-order valence-electron chi connectivity index (χ1n) is 8.19. The van der Waals surface area contributed by atoms with Crippen molar-refractivity contribution in [3.63, 3.8) is 0 Å². The highest BCUT2D eigenvalue weighted by atomic mass is 14.9. The Morgan fingerprint density at radius 3 is 2.50 bits per heavy atom. The molecule has 2 bridgehead atoms. The van der Waals surface area contributed by atoms with E-state index in [0.29, 0.717) is 6.04 Å². The zero-order chi connectivity index (χ0) is 13.9. The maximum absolute atomic E-state index is 3.86. The molecular weight excluding hydrogens is 242 g/mol. The Labute approximate surface area is 123 Å². The van der Waals surface area contributed by atoms with Crippen LogP contribution in [0.2, 0.25) is 0 Å². The molecule has 2 aliphatic carbocycles. The average Bonchev–Trinajstić information content (AvgIpc) is 3.06. The maximum atomic E-state index is 3.86. The summed E-state index contributed by atoms with van der Waals surface area (Å²) in [4.78, 5) is 0. The van der Waals surface area contributed by atoms with Gasteiger partial charge < -0.3 is 5.32 Å². The van der Waals surface area contributed by atoms with E-state index in [0.717, 1.165) is 23.7 Å². The zero-order valence-electron chi connectivity index (χ0n) is 12.8. The standard InChI is InChI=1S/C19H27N/c1-14(2)10-19(16-6-4-3-5-7-16)20-13-18-12-15-8-9-17(18)11-15/h3-9,14-15,17-20H,10-13H2,1-2H3. The Morgan fingerprint density at radius 2 is 1.90 bits per heavy atom. The number of hydrogen-bond donors (Lipinski definition) is 1. The number of benzene rings is 1. The quantitative estimate of drug-likeness (QED) is 0.746. The van der Waals surface area contributed by atoms with Gasteiger partial charge in [0.2, 0.25) is 0 Å². The molecule has 20 heavy (non-hydrogen) atoms. The molecule has 0 aliphatic heterocycles. The second-order valence-electron chi connectivity index (χ2n) is 7.04. The van der Waals surface area contributed by atoms with Gasteiger partial charge in [0.15, 0.2) is 0 Å². The second kappa shape index (κ2) is 6.13. The Kier molecular flexibility index (Phi) is 4.26. The molecule has 1 N–H and O–H groups in total. The first-order chi connectivity index (χ1) is 9.72. The average molecular weight is 269 g/mol. The lowest BCUT2D eigenvalue weighted by Crippen LogP contribution is -2.30.